The van der Waals surface area contributed by atoms with Crippen molar-refractivity contribution in [3.05, 3.63) is 63.4 Å². The summed E-state index contributed by atoms with van der Waals surface area (Å²) in [5, 5.41) is 3.93. The van der Waals surface area contributed by atoms with Gasteiger partial charge in [0, 0.05) is 10.0 Å². The predicted molar refractivity (Wildman–Crippen MR) is 87.4 cm³/mol. The Balaban J connectivity index is 1.88. The Labute approximate surface area is 141 Å². The third-order valence-corrected chi connectivity index (χ3v) is 4.41. The number of halogens is 2. The maximum absolute atomic E-state index is 13.6. The van der Waals surface area contributed by atoms with Crippen LogP contribution >= 0.6 is 15.9 Å². The smallest absolute Gasteiger partial charge is 0.368 e. The lowest BCUT2D eigenvalue weighted by Gasteiger charge is -2.09. The maximum atomic E-state index is 13.6. The van der Waals surface area contributed by atoms with Gasteiger partial charge < -0.3 is 9.57 Å². The van der Waals surface area contributed by atoms with Crippen LogP contribution in [0.5, 0.6) is 5.75 Å². The zero-order valence-electron chi connectivity index (χ0n) is 12.3. The Hall–Kier alpha value is -2.21. The van der Waals surface area contributed by atoms with Crippen molar-refractivity contribution >= 4 is 27.6 Å². The van der Waals surface area contributed by atoms with E-state index in [1.165, 1.54) is 18.2 Å². The molecule has 0 unspecified atom stereocenters. The van der Waals surface area contributed by atoms with E-state index in [0.29, 0.717) is 17.9 Å². The van der Waals surface area contributed by atoms with Crippen molar-refractivity contribution in [2.24, 2.45) is 5.16 Å². The molecule has 118 valence electrons. The number of hydrogen-bond donors (Lipinski definition) is 0. The van der Waals surface area contributed by atoms with Gasteiger partial charge in [0.25, 0.3) is 0 Å². The topological polar surface area (TPSA) is 47.9 Å². The van der Waals surface area contributed by atoms with Crippen LogP contribution in [0.1, 0.15) is 27.9 Å². The van der Waals surface area contributed by atoms with Crippen molar-refractivity contribution in [1.29, 1.82) is 0 Å². The van der Waals surface area contributed by atoms with Gasteiger partial charge in [0.15, 0.2) is 0 Å². The largest absolute Gasteiger partial charge is 0.496 e. The van der Waals surface area contributed by atoms with Crippen molar-refractivity contribution < 1.29 is 18.8 Å². The molecule has 0 aliphatic heterocycles. The van der Waals surface area contributed by atoms with Crippen LogP contribution in [0.3, 0.4) is 0 Å². The SMILES string of the molecule is COc1ccc(Br)c2c1/C(=N\OC(=O)c1ccccc1F)CC2. The molecule has 0 bridgehead atoms. The van der Waals surface area contributed by atoms with Gasteiger partial charge >= 0.3 is 5.97 Å². The van der Waals surface area contributed by atoms with Crippen LogP contribution in [-0.2, 0) is 11.3 Å². The highest BCUT2D eigenvalue weighted by Gasteiger charge is 2.25. The van der Waals surface area contributed by atoms with E-state index in [-0.39, 0.29) is 5.56 Å². The monoisotopic (exact) mass is 377 g/mol. The van der Waals surface area contributed by atoms with Crippen molar-refractivity contribution in [2.45, 2.75) is 12.8 Å². The number of benzene rings is 2. The van der Waals surface area contributed by atoms with Gasteiger partial charge in [-0.3, -0.25) is 0 Å². The number of hydrogen-bond acceptors (Lipinski definition) is 4. The van der Waals surface area contributed by atoms with E-state index in [1.54, 1.807) is 13.2 Å². The van der Waals surface area contributed by atoms with E-state index < -0.39 is 11.8 Å². The summed E-state index contributed by atoms with van der Waals surface area (Å²) in [6, 6.07) is 9.37. The lowest BCUT2D eigenvalue weighted by Crippen LogP contribution is -2.07. The molecule has 1 aliphatic carbocycles. The summed E-state index contributed by atoms with van der Waals surface area (Å²) in [4.78, 5) is 16.9. The molecular weight excluding hydrogens is 365 g/mol. The Bertz CT molecular complexity index is 804. The summed E-state index contributed by atoms with van der Waals surface area (Å²) in [6.45, 7) is 0. The Kier molecular flexibility index (Phi) is 4.43. The summed E-state index contributed by atoms with van der Waals surface area (Å²) in [5.74, 6) is -0.788. The van der Waals surface area contributed by atoms with Crippen LogP contribution in [-0.4, -0.2) is 18.8 Å². The van der Waals surface area contributed by atoms with E-state index in [2.05, 4.69) is 21.1 Å². The van der Waals surface area contributed by atoms with Crippen molar-refractivity contribution in [3.8, 4) is 5.75 Å². The standard InChI is InChI=1S/C17H13BrFNO3/c1-22-15-9-7-12(18)10-6-8-14(16(10)15)20-23-17(21)11-4-2-3-5-13(11)19/h2-5,7,9H,6,8H2,1H3/b20-14-. The van der Waals surface area contributed by atoms with E-state index in [1.807, 2.05) is 12.1 Å². The first kappa shape index (κ1) is 15.7. The molecule has 3 rings (SSSR count). The second-order valence-corrected chi connectivity index (χ2v) is 5.85. The Morgan fingerprint density at radius 1 is 1.22 bits per heavy atom. The molecule has 0 atom stereocenters. The van der Waals surface area contributed by atoms with Gasteiger partial charge in [-0.05, 0) is 42.7 Å². The number of carbonyl (C=O) groups is 1. The van der Waals surface area contributed by atoms with Crippen molar-refractivity contribution in [3.63, 3.8) is 0 Å². The van der Waals surface area contributed by atoms with Gasteiger partial charge in [0.2, 0.25) is 0 Å². The van der Waals surface area contributed by atoms with Gasteiger partial charge in [-0.1, -0.05) is 33.2 Å². The number of oxime groups is 1. The quantitative estimate of drug-likeness (QED) is 0.597. The van der Waals surface area contributed by atoms with Crippen LogP contribution in [0.25, 0.3) is 0 Å². The Morgan fingerprint density at radius 2 is 2.00 bits per heavy atom. The predicted octanol–water partition coefficient (Wildman–Crippen LogP) is 4.10. The molecule has 0 saturated heterocycles. The van der Waals surface area contributed by atoms with E-state index in [0.717, 1.165) is 22.0 Å². The first-order chi connectivity index (χ1) is 11.1. The van der Waals surface area contributed by atoms with E-state index >= 15 is 0 Å². The first-order valence-corrected chi connectivity index (χ1v) is 7.79. The normalized spacial score (nSPS) is 14.7. The highest BCUT2D eigenvalue weighted by atomic mass is 79.9. The summed E-state index contributed by atoms with van der Waals surface area (Å²) in [7, 11) is 1.57. The summed E-state index contributed by atoms with van der Waals surface area (Å²) in [5.41, 5.74) is 2.35. The fourth-order valence-electron chi connectivity index (χ4n) is 2.56. The molecule has 0 radical (unpaired) electrons. The molecule has 0 spiro atoms. The number of fused-ring (bicyclic) bond motifs is 1. The number of methoxy groups -OCH3 is 1. The zero-order valence-corrected chi connectivity index (χ0v) is 13.9. The minimum Gasteiger partial charge on any atom is -0.496 e. The first-order valence-electron chi connectivity index (χ1n) is 7.00. The van der Waals surface area contributed by atoms with Crippen LogP contribution < -0.4 is 4.74 Å². The summed E-state index contributed by atoms with van der Waals surface area (Å²) in [6.07, 6.45) is 1.39. The lowest BCUT2D eigenvalue weighted by molar-refractivity contribution is 0.0510. The van der Waals surface area contributed by atoms with Crippen LogP contribution in [0, 0.1) is 5.82 Å². The third-order valence-electron chi connectivity index (χ3n) is 3.67. The van der Waals surface area contributed by atoms with Gasteiger partial charge in [0.05, 0.1) is 18.4 Å². The lowest BCUT2D eigenvalue weighted by atomic mass is 10.1. The molecule has 2 aromatic carbocycles. The molecule has 23 heavy (non-hydrogen) atoms. The van der Waals surface area contributed by atoms with Gasteiger partial charge in [0.1, 0.15) is 11.6 Å². The number of nitrogens with zero attached hydrogens (tertiary/aromatic N) is 1. The third kappa shape index (κ3) is 2.99. The fourth-order valence-corrected chi connectivity index (χ4v) is 3.09. The Morgan fingerprint density at radius 3 is 2.74 bits per heavy atom. The summed E-state index contributed by atoms with van der Waals surface area (Å²) >= 11 is 3.50. The molecule has 6 heteroatoms. The fraction of sp³-hybridized carbons (Fsp3) is 0.176. The minimum absolute atomic E-state index is 0.142. The number of ether oxygens (including phenoxy) is 1. The second kappa shape index (κ2) is 6.50. The molecule has 4 nitrogen and oxygen atoms in total. The molecule has 0 amide bonds. The highest BCUT2D eigenvalue weighted by molar-refractivity contribution is 9.10. The van der Waals surface area contributed by atoms with Gasteiger partial charge in [-0.2, -0.15) is 0 Å². The molecule has 0 heterocycles. The molecule has 0 N–H and O–H groups in total. The van der Waals surface area contributed by atoms with Gasteiger partial charge in [-0.15, -0.1) is 0 Å². The second-order valence-electron chi connectivity index (χ2n) is 5.00. The van der Waals surface area contributed by atoms with Crippen molar-refractivity contribution in [2.75, 3.05) is 7.11 Å². The molecular formula is C17H13BrFNO3. The van der Waals surface area contributed by atoms with Crippen LogP contribution in [0.2, 0.25) is 0 Å². The van der Waals surface area contributed by atoms with E-state index in [4.69, 9.17) is 9.57 Å². The van der Waals surface area contributed by atoms with E-state index in [9.17, 15) is 9.18 Å². The molecule has 2 aromatic rings. The molecule has 1 aliphatic rings. The minimum atomic E-state index is -0.821. The number of carbonyl (C=O) groups excluding carboxylic acids is 1. The molecule has 0 saturated carbocycles. The number of rotatable bonds is 3. The summed E-state index contributed by atoms with van der Waals surface area (Å²) < 4.78 is 19.9. The maximum Gasteiger partial charge on any atom is 0.368 e. The average molecular weight is 378 g/mol. The van der Waals surface area contributed by atoms with Crippen molar-refractivity contribution in [1.82, 2.24) is 0 Å². The molecule has 0 aromatic heterocycles. The van der Waals surface area contributed by atoms with Crippen LogP contribution in [0.4, 0.5) is 4.39 Å². The molecule has 0 fully saturated rings. The van der Waals surface area contributed by atoms with Gasteiger partial charge in [-0.25, -0.2) is 9.18 Å². The highest BCUT2D eigenvalue weighted by Crippen LogP contribution is 2.36. The van der Waals surface area contributed by atoms with Crippen LogP contribution in [0.15, 0.2) is 46.0 Å². The zero-order chi connectivity index (χ0) is 16.4. The average Bonchev–Trinajstić information content (AvgIpc) is 2.98.